The highest BCUT2D eigenvalue weighted by atomic mass is 79.9. The third kappa shape index (κ3) is 3.71. The molecule has 2 aromatic rings. The Morgan fingerprint density at radius 1 is 1.26 bits per heavy atom. The van der Waals surface area contributed by atoms with E-state index >= 15 is 0 Å². The molecule has 0 fully saturated rings. The molecule has 1 heterocycles. The van der Waals surface area contributed by atoms with E-state index in [-0.39, 0.29) is 5.95 Å². The smallest absolute Gasteiger partial charge is 0.223 e. The van der Waals surface area contributed by atoms with Crippen LogP contribution in [-0.4, -0.2) is 16.5 Å². The van der Waals surface area contributed by atoms with Gasteiger partial charge in [-0.3, -0.25) is 0 Å². The molecule has 0 aliphatic heterocycles. The van der Waals surface area contributed by atoms with Gasteiger partial charge < -0.3 is 16.4 Å². The lowest BCUT2D eigenvalue weighted by atomic mass is 10.3. The molecule has 0 saturated carbocycles. The lowest BCUT2D eigenvalue weighted by Gasteiger charge is -2.09. The van der Waals surface area contributed by atoms with Crippen LogP contribution in [0, 0.1) is 0 Å². The summed E-state index contributed by atoms with van der Waals surface area (Å²) in [6, 6.07) is 7.32. The summed E-state index contributed by atoms with van der Waals surface area (Å²) < 4.78 is 0.813. The predicted molar refractivity (Wildman–Crippen MR) is 83.0 cm³/mol. The Balaban J connectivity index is 2.24. The van der Waals surface area contributed by atoms with E-state index < -0.39 is 0 Å². The van der Waals surface area contributed by atoms with E-state index in [2.05, 4.69) is 36.5 Å². The van der Waals surface area contributed by atoms with Crippen LogP contribution in [0.15, 0.2) is 28.7 Å². The molecule has 100 valence electrons. The summed E-state index contributed by atoms with van der Waals surface area (Å²) in [5.74, 6) is 1.53. The van der Waals surface area contributed by atoms with Crippen molar-refractivity contribution in [2.24, 2.45) is 0 Å². The van der Waals surface area contributed by atoms with E-state index in [1.807, 2.05) is 19.1 Å². The molecular weight excluding hydrogens is 330 g/mol. The molecule has 0 atom stereocenters. The Bertz CT molecular complexity index is 590. The van der Waals surface area contributed by atoms with E-state index in [1.165, 1.54) is 0 Å². The molecule has 0 amide bonds. The van der Waals surface area contributed by atoms with Crippen molar-refractivity contribution in [1.29, 1.82) is 0 Å². The number of nitrogens with two attached hydrogens (primary N) is 1. The van der Waals surface area contributed by atoms with Crippen LogP contribution in [0.2, 0.25) is 5.02 Å². The SMILES string of the molecule is CCNc1cc(Nc2ccc(Cl)c(Br)c2)nc(N)n1. The van der Waals surface area contributed by atoms with Crippen LogP contribution in [-0.2, 0) is 0 Å². The summed E-state index contributed by atoms with van der Waals surface area (Å²) in [4.78, 5) is 8.21. The molecule has 0 aliphatic carbocycles. The molecule has 2 rings (SSSR count). The fraction of sp³-hybridized carbons (Fsp3) is 0.167. The van der Waals surface area contributed by atoms with Crippen LogP contribution in [0.25, 0.3) is 0 Å². The third-order valence-corrected chi connectivity index (χ3v) is 3.51. The van der Waals surface area contributed by atoms with Gasteiger partial charge in [-0.05, 0) is 41.1 Å². The van der Waals surface area contributed by atoms with Gasteiger partial charge in [0.05, 0.1) is 5.02 Å². The van der Waals surface area contributed by atoms with Crippen molar-refractivity contribution >= 4 is 50.8 Å². The molecule has 4 N–H and O–H groups in total. The normalized spacial score (nSPS) is 10.3. The van der Waals surface area contributed by atoms with Gasteiger partial charge in [-0.25, -0.2) is 0 Å². The summed E-state index contributed by atoms with van der Waals surface area (Å²) >= 11 is 9.32. The van der Waals surface area contributed by atoms with Crippen LogP contribution >= 0.6 is 27.5 Å². The molecular formula is C12H13BrClN5. The molecule has 1 aromatic heterocycles. The summed E-state index contributed by atoms with van der Waals surface area (Å²) in [5.41, 5.74) is 6.52. The van der Waals surface area contributed by atoms with E-state index in [0.717, 1.165) is 16.7 Å². The molecule has 5 nitrogen and oxygen atoms in total. The van der Waals surface area contributed by atoms with Gasteiger partial charge in [0, 0.05) is 22.8 Å². The van der Waals surface area contributed by atoms with Crippen molar-refractivity contribution in [2.75, 3.05) is 22.9 Å². The molecule has 0 unspecified atom stereocenters. The van der Waals surface area contributed by atoms with E-state index in [4.69, 9.17) is 17.3 Å². The fourth-order valence-corrected chi connectivity index (χ4v) is 2.02. The molecule has 7 heteroatoms. The highest BCUT2D eigenvalue weighted by Gasteiger charge is 2.04. The predicted octanol–water partition coefficient (Wildman–Crippen LogP) is 3.65. The van der Waals surface area contributed by atoms with Gasteiger partial charge >= 0.3 is 0 Å². The first-order chi connectivity index (χ1) is 9.08. The zero-order chi connectivity index (χ0) is 13.8. The van der Waals surface area contributed by atoms with Gasteiger partial charge in [0.15, 0.2) is 0 Å². The third-order valence-electron chi connectivity index (χ3n) is 2.29. The zero-order valence-corrected chi connectivity index (χ0v) is 12.6. The first-order valence-corrected chi connectivity index (χ1v) is 6.86. The second-order valence-corrected chi connectivity index (χ2v) is 5.04. The lowest BCUT2D eigenvalue weighted by molar-refractivity contribution is 1.12. The number of nitrogen functional groups attached to an aromatic ring is 1. The van der Waals surface area contributed by atoms with Crippen LogP contribution < -0.4 is 16.4 Å². The monoisotopic (exact) mass is 341 g/mol. The number of rotatable bonds is 4. The van der Waals surface area contributed by atoms with E-state index in [0.29, 0.717) is 16.7 Å². The number of hydrogen-bond donors (Lipinski definition) is 3. The van der Waals surface area contributed by atoms with Crippen molar-refractivity contribution in [3.8, 4) is 0 Å². The van der Waals surface area contributed by atoms with Crippen LogP contribution in [0.4, 0.5) is 23.3 Å². The molecule has 19 heavy (non-hydrogen) atoms. The van der Waals surface area contributed by atoms with Crippen LogP contribution in [0.1, 0.15) is 6.92 Å². The average molecular weight is 343 g/mol. The largest absolute Gasteiger partial charge is 0.370 e. The maximum Gasteiger partial charge on any atom is 0.223 e. The Hall–Kier alpha value is -1.53. The van der Waals surface area contributed by atoms with Crippen LogP contribution in [0.5, 0.6) is 0 Å². The van der Waals surface area contributed by atoms with Gasteiger partial charge in [0.1, 0.15) is 11.6 Å². The molecule has 0 bridgehead atoms. The highest BCUT2D eigenvalue weighted by Crippen LogP contribution is 2.27. The topological polar surface area (TPSA) is 75.9 Å². The quantitative estimate of drug-likeness (QED) is 0.790. The van der Waals surface area contributed by atoms with Gasteiger partial charge in [-0.15, -0.1) is 0 Å². The Morgan fingerprint density at radius 2 is 2.00 bits per heavy atom. The number of anilines is 4. The standard InChI is InChI=1S/C12H13BrClN5/c1-2-16-10-6-11(19-12(15)18-10)17-7-3-4-9(14)8(13)5-7/h3-6H,2H2,1H3,(H4,15,16,17,18,19). The lowest BCUT2D eigenvalue weighted by Crippen LogP contribution is -2.05. The number of nitrogens with zero attached hydrogens (tertiary/aromatic N) is 2. The number of hydrogen-bond acceptors (Lipinski definition) is 5. The van der Waals surface area contributed by atoms with Crippen molar-refractivity contribution in [3.63, 3.8) is 0 Å². The van der Waals surface area contributed by atoms with Crippen molar-refractivity contribution in [3.05, 3.63) is 33.8 Å². The first kappa shape index (κ1) is 13.9. The second-order valence-electron chi connectivity index (χ2n) is 3.78. The van der Waals surface area contributed by atoms with Gasteiger partial charge in [0.2, 0.25) is 5.95 Å². The molecule has 0 spiro atoms. The zero-order valence-electron chi connectivity index (χ0n) is 10.2. The molecule has 0 aliphatic rings. The van der Waals surface area contributed by atoms with Crippen molar-refractivity contribution < 1.29 is 0 Å². The summed E-state index contributed by atoms with van der Waals surface area (Å²) in [6.45, 7) is 2.75. The summed E-state index contributed by atoms with van der Waals surface area (Å²) in [7, 11) is 0. The maximum atomic E-state index is 5.95. The van der Waals surface area contributed by atoms with E-state index in [1.54, 1.807) is 12.1 Å². The number of nitrogens with one attached hydrogen (secondary N) is 2. The van der Waals surface area contributed by atoms with Gasteiger partial charge in [-0.2, -0.15) is 9.97 Å². The highest BCUT2D eigenvalue weighted by molar-refractivity contribution is 9.10. The molecule has 0 radical (unpaired) electrons. The fourth-order valence-electron chi connectivity index (χ4n) is 1.52. The van der Waals surface area contributed by atoms with Crippen molar-refractivity contribution in [2.45, 2.75) is 6.92 Å². The Labute approximate surface area is 124 Å². The van der Waals surface area contributed by atoms with E-state index in [9.17, 15) is 0 Å². The summed E-state index contributed by atoms with van der Waals surface area (Å²) in [6.07, 6.45) is 0. The minimum Gasteiger partial charge on any atom is -0.370 e. The Kier molecular flexibility index (Phi) is 4.44. The minimum atomic E-state index is 0.217. The molecule has 1 aromatic carbocycles. The van der Waals surface area contributed by atoms with Gasteiger partial charge in [-0.1, -0.05) is 11.6 Å². The van der Waals surface area contributed by atoms with Gasteiger partial charge in [0.25, 0.3) is 0 Å². The number of halogens is 2. The summed E-state index contributed by atoms with van der Waals surface area (Å²) in [5, 5.41) is 6.90. The van der Waals surface area contributed by atoms with Crippen LogP contribution in [0.3, 0.4) is 0 Å². The first-order valence-electron chi connectivity index (χ1n) is 5.69. The number of aromatic nitrogens is 2. The minimum absolute atomic E-state index is 0.217. The number of benzene rings is 1. The Morgan fingerprint density at radius 3 is 2.68 bits per heavy atom. The average Bonchev–Trinajstić information content (AvgIpc) is 2.33. The second kappa shape index (κ2) is 6.08. The maximum absolute atomic E-state index is 5.95. The van der Waals surface area contributed by atoms with Crippen molar-refractivity contribution in [1.82, 2.24) is 9.97 Å². The molecule has 0 saturated heterocycles.